The predicted molar refractivity (Wildman–Crippen MR) is 87.9 cm³/mol. The molecule has 7 nitrogen and oxygen atoms in total. The third-order valence-electron chi connectivity index (χ3n) is 4.10. The lowest BCUT2D eigenvalue weighted by atomic mass is 10.1. The van der Waals surface area contributed by atoms with Gasteiger partial charge >= 0.3 is 5.97 Å². The van der Waals surface area contributed by atoms with Crippen molar-refractivity contribution in [1.82, 2.24) is 14.6 Å². The molecule has 1 N–H and O–H groups in total. The van der Waals surface area contributed by atoms with Crippen LogP contribution in [-0.2, 0) is 16.0 Å². The summed E-state index contributed by atoms with van der Waals surface area (Å²) in [5.74, 6) is -0.204. The van der Waals surface area contributed by atoms with Crippen LogP contribution in [0.15, 0.2) is 10.9 Å². The minimum Gasteiger partial charge on any atom is -0.469 e. The van der Waals surface area contributed by atoms with E-state index in [0.717, 1.165) is 37.8 Å². The Morgan fingerprint density at radius 3 is 3.09 bits per heavy atom. The SMILES string of the molecule is CCCc1cc(=O)n2nc(N[C@@H]3CC[C@H](C(=O)OC)C3)sc2n1. The lowest BCUT2D eigenvalue weighted by Crippen LogP contribution is -2.19. The van der Waals surface area contributed by atoms with Crippen LogP contribution in [0.4, 0.5) is 5.13 Å². The van der Waals surface area contributed by atoms with Gasteiger partial charge in [0.2, 0.25) is 10.1 Å². The van der Waals surface area contributed by atoms with Crippen molar-refractivity contribution in [3.63, 3.8) is 0 Å². The first-order chi connectivity index (χ1) is 11.1. The van der Waals surface area contributed by atoms with Crippen LogP contribution >= 0.6 is 11.3 Å². The second-order valence-electron chi connectivity index (χ2n) is 5.81. The minimum atomic E-state index is -0.152. The standard InChI is InChI=1S/C15H20N4O3S/c1-3-4-10-8-12(20)19-15(17-10)23-14(18-19)16-11-6-5-9(7-11)13(21)22-2/h8-9,11H,3-7H2,1-2H3,(H,16,18)/t9-,11+/m0/s1. The van der Waals surface area contributed by atoms with Crippen molar-refractivity contribution in [3.8, 4) is 0 Å². The molecule has 1 aliphatic rings. The van der Waals surface area contributed by atoms with Gasteiger partial charge in [-0.3, -0.25) is 9.59 Å². The maximum Gasteiger partial charge on any atom is 0.308 e. The molecule has 0 amide bonds. The molecule has 2 heterocycles. The molecule has 2 aromatic rings. The highest BCUT2D eigenvalue weighted by atomic mass is 32.1. The Kier molecular flexibility index (Phi) is 4.61. The Bertz CT molecular complexity index is 770. The van der Waals surface area contributed by atoms with Gasteiger partial charge in [-0.1, -0.05) is 24.7 Å². The predicted octanol–water partition coefficient (Wildman–Crippen LogP) is 1.86. The molecule has 124 valence electrons. The molecular formula is C15H20N4O3S. The zero-order valence-electron chi connectivity index (χ0n) is 13.2. The fourth-order valence-electron chi connectivity index (χ4n) is 2.97. The van der Waals surface area contributed by atoms with E-state index in [1.54, 1.807) is 6.07 Å². The molecule has 8 heteroatoms. The van der Waals surface area contributed by atoms with Crippen molar-refractivity contribution in [3.05, 3.63) is 22.1 Å². The van der Waals surface area contributed by atoms with Gasteiger partial charge in [0.15, 0.2) is 0 Å². The Morgan fingerprint density at radius 2 is 2.35 bits per heavy atom. The molecule has 2 atom stereocenters. The number of methoxy groups -OCH3 is 1. The smallest absolute Gasteiger partial charge is 0.308 e. The summed E-state index contributed by atoms with van der Waals surface area (Å²) in [5, 5.41) is 8.28. The highest BCUT2D eigenvalue weighted by molar-refractivity contribution is 7.20. The largest absolute Gasteiger partial charge is 0.469 e. The van der Waals surface area contributed by atoms with Gasteiger partial charge in [-0.25, -0.2) is 4.98 Å². The first kappa shape index (κ1) is 15.9. The number of esters is 1. The summed E-state index contributed by atoms with van der Waals surface area (Å²) in [4.78, 5) is 28.7. The second-order valence-corrected chi connectivity index (χ2v) is 6.77. The molecule has 0 spiro atoms. The fraction of sp³-hybridized carbons (Fsp3) is 0.600. The molecule has 0 unspecified atom stereocenters. The zero-order chi connectivity index (χ0) is 16.4. The van der Waals surface area contributed by atoms with E-state index in [2.05, 4.69) is 22.3 Å². The van der Waals surface area contributed by atoms with E-state index in [-0.39, 0.29) is 23.5 Å². The summed E-state index contributed by atoms with van der Waals surface area (Å²) in [7, 11) is 1.42. The number of fused-ring (bicyclic) bond motifs is 1. The van der Waals surface area contributed by atoms with Gasteiger partial charge < -0.3 is 10.1 Å². The van der Waals surface area contributed by atoms with Gasteiger partial charge in [0.1, 0.15) is 0 Å². The van der Waals surface area contributed by atoms with E-state index in [9.17, 15) is 9.59 Å². The second kappa shape index (κ2) is 6.66. The lowest BCUT2D eigenvalue weighted by molar-refractivity contribution is -0.145. The summed E-state index contributed by atoms with van der Waals surface area (Å²) in [6, 6.07) is 1.72. The quantitative estimate of drug-likeness (QED) is 0.839. The number of carbonyl (C=O) groups excluding carboxylic acids is 1. The van der Waals surface area contributed by atoms with Crippen LogP contribution in [0.1, 0.15) is 38.3 Å². The zero-order valence-corrected chi connectivity index (χ0v) is 14.1. The monoisotopic (exact) mass is 336 g/mol. The molecular weight excluding hydrogens is 316 g/mol. The van der Waals surface area contributed by atoms with Crippen LogP contribution < -0.4 is 10.9 Å². The molecule has 2 aromatic heterocycles. The van der Waals surface area contributed by atoms with Crippen molar-refractivity contribution < 1.29 is 9.53 Å². The molecule has 1 saturated carbocycles. The van der Waals surface area contributed by atoms with Crippen molar-refractivity contribution >= 4 is 27.4 Å². The first-order valence-electron chi connectivity index (χ1n) is 7.85. The van der Waals surface area contributed by atoms with E-state index in [4.69, 9.17) is 4.74 Å². The maximum atomic E-state index is 12.1. The summed E-state index contributed by atoms with van der Waals surface area (Å²) in [5.41, 5.74) is 0.654. The van der Waals surface area contributed by atoms with Crippen LogP contribution in [0.5, 0.6) is 0 Å². The molecule has 0 aromatic carbocycles. The van der Waals surface area contributed by atoms with Crippen LogP contribution in [0.2, 0.25) is 0 Å². The van der Waals surface area contributed by atoms with Crippen molar-refractivity contribution in [2.45, 2.75) is 45.1 Å². The Balaban J connectivity index is 1.75. The Morgan fingerprint density at radius 1 is 1.52 bits per heavy atom. The average molecular weight is 336 g/mol. The number of nitrogens with zero attached hydrogens (tertiary/aromatic N) is 3. The molecule has 1 fully saturated rings. The van der Waals surface area contributed by atoms with Crippen molar-refractivity contribution in [2.24, 2.45) is 5.92 Å². The Labute approximate surface area is 137 Å². The van der Waals surface area contributed by atoms with E-state index >= 15 is 0 Å². The number of anilines is 1. The number of hydrogen-bond acceptors (Lipinski definition) is 7. The van der Waals surface area contributed by atoms with Gasteiger partial charge in [-0.05, 0) is 25.7 Å². The maximum absolute atomic E-state index is 12.1. The topological polar surface area (TPSA) is 85.6 Å². The summed E-state index contributed by atoms with van der Waals surface area (Å²) in [6.07, 6.45) is 4.17. The van der Waals surface area contributed by atoms with Crippen molar-refractivity contribution in [1.29, 1.82) is 0 Å². The van der Waals surface area contributed by atoms with E-state index in [1.165, 1.54) is 23.0 Å². The van der Waals surface area contributed by atoms with E-state index < -0.39 is 0 Å². The van der Waals surface area contributed by atoms with Gasteiger partial charge in [0.25, 0.3) is 5.56 Å². The molecule has 0 saturated heterocycles. The van der Waals surface area contributed by atoms with Gasteiger partial charge in [-0.2, -0.15) is 4.52 Å². The molecule has 3 rings (SSSR count). The Hall–Kier alpha value is -1.96. The number of aryl methyl sites for hydroxylation is 1. The van der Waals surface area contributed by atoms with Crippen LogP contribution in [-0.4, -0.2) is 33.7 Å². The van der Waals surface area contributed by atoms with E-state index in [1.807, 2.05) is 0 Å². The van der Waals surface area contributed by atoms with Gasteiger partial charge in [0, 0.05) is 17.8 Å². The summed E-state index contributed by atoms with van der Waals surface area (Å²) >= 11 is 1.37. The van der Waals surface area contributed by atoms with Crippen LogP contribution in [0.25, 0.3) is 4.96 Å². The van der Waals surface area contributed by atoms with Gasteiger partial charge in [-0.15, -0.1) is 5.10 Å². The van der Waals surface area contributed by atoms with Gasteiger partial charge in [0.05, 0.1) is 13.0 Å². The molecule has 1 aliphatic carbocycles. The molecule has 23 heavy (non-hydrogen) atoms. The number of ether oxygens (including phenoxy) is 1. The van der Waals surface area contributed by atoms with E-state index in [0.29, 0.717) is 10.1 Å². The summed E-state index contributed by atoms with van der Waals surface area (Å²) < 4.78 is 6.13. The molecule has 0 bridgehead atoms. The highest BCUT2D eigenvalue weighted by Crippen LogP contribution is 2.30. The van der Waals surface area contributed by atoms with Crippen LogP contribution in [0, 0.1) is 5.92 Å². The van der Waals surface area contributed by atoms with Crippen LogP contribution in [0.3, 0.4) is 0 Å². The number of rotatable bonds is 5. The fourth-order valence-corrected chi connectivity index (χ4v) is 3.87. The number of aromatic nitrogens is 3. The number of nitrogens with one attached hydrogen (secondary N) is 1. The third-order valence-corrected chi connectivity index (χ3v) is 4.94. The number of carbonyl (C=O) groups is 1. The highest BCUT2D eigenvalue weighted by Gasteiger charge is 2.31. The summed E-state index contributed by atoms with van der Waals surface area (Å²) in [6.45, 7) is 2.06. The third kappa shape index (κ3) is 3.36. The molecule has 0 aliphatic heterocycles. The molecule has 0 radical (unpaired) electrons. The number of hydrogen-bond donors (Lipinski definition) is 1. The van der Waals surface area contributed by atoms with Crippen molar-refractivity contribution in [2.75, 3.05) is 12.4 Å². The normalized spacial score (nSPS) is 20.8. The average Bonchev–Trinajstić information content (AvgIpc) is 3.14. The first-order valence-corrected chi connectivity index (χ1v) is 8.66. The lowest BCUT2D eigenvalue weighted by Gasteiger charge is -2.10. The minimum absolute atomic E-state index is 0.0520.